The Labute approximate surface area is 117 Å². The third-order valence-corrected chi connectivity index (χ3v) is 4.60. The van der Waals surface area contributed by atoms with Gasteiger partial charge in [0, 0.05) is 18.5 Å². The van der Waals surface area contributed by atoms with Crippen LogP contribution in [0.2, 0.25) is 0 Å². The lowest BCUT2D eigenvalue weighted by atomic mass is 9.84. The molecule has 1 fully saturated rings. The van der Waals surface area contributed by atoms with Crippen LogP contribution in [0.1, 0.15) is 44.7 Å². The summed E-state index contributed by atoms with van der Waals surface area (Å²) in [6.07, 6.45) is 3.70. The first-order valence-electron chi connectivity index (χ1n) is 7.52. The van der Waals surface area contributed by atoms with Crippen LogP contribution in [0.5, 0.6) is 0 Å². The Morgan fingerprint density at radius 3 is 2.32 bits per heavy atom. The molecule has 0 heterocycles. The fourth-order valence-electron chi connectivity index (χ4n) is 2.56. The number of rotatable bonds is 7. The van der Waals surface area contributed by atoms with Gasteiger partial charge in [-0.3, -0.25) is 0 Å². The van der Waals surface area contributed by atoms with Crippen LogP contribution in [0, 0.1) is 5.41 Å². The van der Waals surface area contributed by atoms with Gasteiger partial charge in [-0.2, -0.15) is 0 Å². The molecule has 2 nitrogen and oxygen atoms in total. The first-order valence-corrected chi connectivity index (χ1v) is 7.52. The molecule has 1 aromatic rings. The molecular weight excluding hydrogens is 232 g/mol. The summed E-state index contributed by atoms with van der Waals surface area (Å²) in [6, 6.07) is 9.05. The van der Waals surface area contributed by atoms with Gasteiger partial charge in [-0.25, -0.2) is 0 Å². The molecule has 0 atom stereocenters. The van der Waals surface area contributed by atoms with Gasteiger partial charge in [0.15, 0.2) is 0 Å². The second kappa shape index (κ2) is 5.64. The zero-order valence-electron chi connectivity index (χ0n) is 12.6. The van der Waals surface area contributed by atoms with Crippen molar-refractivity contribution in [3.8, 4) is 0 Å². The number of nitrogens with one attached hydrogen (secondary N) is 1. The van der Waals surface area contributed by atoms with E-state index in [9.17, 15) is 0 Å². The Kier molecular flexibility index (Phi) is 4.32. The highest BCUT2D eigenvalue weighted by molar-refractivity contribution is 5.28. The summed E-state index contributed by atoms with van der Waals surface area (Å²) in [4.78, 5) is 0. The molecule has 0 aromatic heterocycles. The molecule has 1 aliphatic rings. The number of nitrogens with two attached hydrogens (primary N) is 1. The fourth-order valence-corrected chi connectivity index (χ4v) is 2.56. The van der Waals surface area contributed by atoms with E-state index in [2.05, 4.69) is 50.4 Å². The number of hydrogen-bond donors (Lipinski definition) is 2. The molecule has 1 saturated carbocycles. The van der Waals surface area contributed by atoms with Crippen LogP contribution in [-0.2, 0) is 11.8 Å². The van der Waals surface area contributed by atoms with E-state index in [4.69, 9.17) is 5.73 Å². The topological polar surface area (TPSA) is 38.0 Å². The Morgan fingerprint density at radius 1 is 1.21 bits per heavy atom. The van der Waals surface area contributed by atoms with Gasteiger partial charge in [0.05, 0.1) is 0 Å². The maximum absolute atomic E-state index is 5.82. The van der Waals surface area contributed by atoms with Crippen molar-refractivity contribution in [1.29, 1.82) is 0 Å². The smallest absolute Gasteiger partial charge is 0.00434 e. The number of hydrogen-bond acceptors (Lipinski definition) is 2. The normalized spacial score (nSPS) is 17.5. The molecule has 1 aliphatic carbocycles. The van der Waals surface area contributed by atoms with Crippen LogP contribution in [0.4, 0.5) is 0 Å². The van der Waals surface area contributed by atoms with Crippen LogP contribution in [0.3, 0.4) is 0 Å². The molecule has 0 aliphatic heterocycles. The van der Waals surface area contributed by atoms with Gasteiger partial charge >= 0.3 is 0 Å². The molecule has 2 rings (SSSR count). The summed E-state index contributed by atoms with van der Waals surface area (Å²) in [5.74, 6) is 0. The van der Waals surface area contributed by atoms with Crippen molar-refractivity contribution >= 4 is 0 Å². The number of benzene rings is 1. The van der Waals surface area contributed by atoms with Crippen molar-refractivity contribution in [3.63, 3.8) is 0 Å². The van der Waals surface area contributed by atoms with Gasteiger partial charge < -0.3 is 11.1 Å². The highest BCUT2D eigenvalue weighted by Crippen LogP contribution is 2.43. The summed E-state index contributed by atoms with van der Waals surface area (Å²) in [6.45, 7) is 9.72. The Hall–Kier alpha value is -0.860. The van der Waals surface area contributed by atoms with Crippen LogP contribution in [-0.4, -0.2) is 19.6 Å². The average Bonchev–Trinajstić information content (AvgIpc) is 3.19. The van der Waals surface area contributed by atoms with E-state index in [1.165, 1.54) is 24.0 Å². The van der Waals surface area contributed by atoms with E-state index >= 15 is 0 Å². The third-order valence-electron chi connectivity index (χ3n) is 4.60. The van der Waals surface area contributed by atoms with Crippen molar-refractivity contribution in [2.75, 3.05) is 19.6 Å². The first-order chi connectivity index (χ1) is 9.01. The molecule has 2 heteroatoms. The van der Waals surface area contributed by atoms with Gasteiger partial charge in [0.2, 0.25) is 0 Å². The zero-order valence-corrected chi connectivity index (χ0v) is 12.6. The minimum atomic E-state index is 0.178. The first kappa shape index (κ1) is 14.5. The molecule has 1 aromatic carbocycles. The molecule has 3 N–H and O–H groups in total. The van der Waals surface area contributed by atoms with Crippen LogP contribution in [0.15, 0.2) is 24.3 Å². The van der Waals surface area contributed by atoms with Crippen LogP contribution >= 0.6 is 0 Å². The molecule has 0 radical (unpaired) electrons. The Balaban J connectivity index is 1.89. The van der Waals surface area contributed by atoms with Crippen molar-refractivity contribution in [2.24, 2.45) is 11.1 Å². The molecule has 0 spiro atoms. The molecule has 0 bridgehead atoms. The van der Waals surface area contributed by atoms with E-state index in [0.717, 1.165) is 26.1 Å². The van der Waals surface area contributed by atoms with E-state index in [0.29, 0.717) is 5.41 Å². The van der Waals surface area contributed by atoms with Crippen molar-refractivity contribution < 1.29 is 0 Å². The summed E-state index contributed by atoms with van der Waals surface area (Å²) < 4.78 is 0. The van der Waals surface area contributed by atoms with Gasteiger partial charge in [0.25, 0.3) is 0 Å². The lowest BCUT2D eigenvalue weighted by Crippen LogP contribution is -2.38. The van der Waals surface area contributed by atoms with Gasteiger partial charge in [-0.15, -0.1) is 0 Å². The van der Waals surface area contributed by atoms with E-state index in [1.54, 1.807) is 0 Å². The summed E-state index contributed by atoms with van der Waals surface area (Å²) >= 11 is 0. The second-order valence-corrected chi connectivity index (χ2v) is 6.74. The predicted octanol–water partition coefficient (Wildman–Crippen LogP) is 2.86. The summed E-state index contributed by atoms with van der Waals surface area (Å²) in [5, 5.41) is 3.63. The van der Waals surface area contributed by atoms with Gasteiger partial charge in [-0.1, -0.05) is 45.0 Å². The van der Waals surface area contributed by atoms with E-state index < -0.39 is 0 Å². The lowest BCUT2D eigenvalue weighted by Gasteiger charge is -2.27. The Morgan fingerprint density at radius 2 is 1.84 bits per heavy atom. The second-order valence-electron chi connectivity index (χ2n) is 6.74. The van der Waals surface area contributed by atoms with Crippen molar-refractivity contribution in [3.05, 3.63) is 35.4 Å². The van der Waals surface area contributed by atoms with Crippen molar-refractivity contribution in [2.45, 2.75) is 45.4 Å². The monoisotopic (exact) mass is 260 g/mol. The minimum absolute atomic E-state index is 0.178. The fraction of sp³-hybridized carbons (Fsp3) is 0.647. The molecule has 0 saturated heterocycles. The standard InChI is InChI=1S/C17H28N2/c1-4-14-5-7-15(8-6-14)16(2,3)12-19-13-17(11-18)9-10-17/h5-8,19H,4,9-13,18H2,1-3H3. The van der Waals surface area contributed by atoms with E-state index in [1.807, 2.05) is 0 Å². The highest BCUT2D eigenvalue weighted by Gasteiger charge is 2.40. The summed E-state index contributed by atoms with van der Waals surface area (Å²) in [5.41, 5.74) is 9.24. The average molecular weight is 260 g/mol. The third kappa shape index (κ3) is 3.58. The lowest BCUT2D eigenvalue weighted by molar-refractivity contribution is 0.410. The highest BCUT2D eigenvalue weighted by atomic mass is 14.9. The number of aryl methyl sites for hydroxylation is 1. The summed E-state index contributed by atoms with van der Waals surface area (Å²) in [7, 11) is 0. The van der Waals surface area contributed by atoms with Gasteiger partial charge in [0.1, 0.15) is 0 Å². The maximum atomic E-state index is 5.82. The van der Waals surface area contributed by atoms with Gasteiger partial charge in [-0.05, 0) is 42.3 Å². The maximum Gasteiger partial charge on any atom is 0.00434 e. The van der Waals surface area contributed by atoms with E-state index in [-0.39, 0.29) is 5.41 Å². The molecule has 0 amide bonds. The quantitative estimate of drug-likeness (QED) is 0.791. The van der Waals surface area contributed by atoms with Crippen LogP contribution in [0.25, 0.3) is 0 Å². The molecule has 106 valence electrons. The zero-order chi connectivity index (χ0) is 13.9. The van der Waals surface area contributed by atoms with Crippen molar-refractivity contribution in [1.82, 2.24) is 5.32 Å². The molecule has 19 heavy (non-hydrogen) atoms. The predicted molar refractivity (Wildman–Crippen MR) is 82.4 cm³/mol. The SMILES string of the molecule is CCc1ccc(C(C)(C)CNCC2(CN)CC2)cc1. The Bertz CT molecular complexity index is 402. The minimum Gasteiger partial charge on any atom is -0.330 e. The van der Waals surface area contributed by atoms with Crippen LogP contribution < -0.4 is 11.1 Å². The largest absolute Gasteiger partial charge is 0.330 e. The molecular formula is C17H28N2. The molecule has 0 unspecified atom stereocenters.